The number of morpholine rings is 1. The van der Waals surface area contributed by atoms with Crippen LogP contribution in [0.5, 0.6) is 0 Å². The Kier molecular flexibility index (Phi) is 10.9. The largest absolute Gasteiger partial charge is 0.379 e. The zero-order valence-corrected chi connectivity index (χ0v) is 23.9. The summed E-state index contributed by atoms with van der Waals surface area (Å²) in [4.78, 5) is 23.4. The van der Waals surface area contributed by atoms with E-state index in [4.69, 9.17) is 21.3 Å². The Balaban J connectivity index is 0.00000361. The fourth-order valence-corrected chi connectivity index (χ4v) is 6.84. The van der Waals surface area contributed by atoms with E-state index in [2.05, 4.69) is 11.0 Å². The molecule has 0 atom stereocenters. The molecule has 0 N–H and O–H groups in total. The predicted molar refractivity (Wildman–Crippen MR) is 151 cm³/mol. The van der Waals surface area contributed by atoms with Crippen molar-refractivity contribution in [2.45, 2.75) is 22.6 Å². The van der Waals surface area contributed by atoms with Gasteiger partial charge in [0.05, 0.1) is 34.1 Å². The summed E-state index contributed by atoms with van der Waals surface area (Å²) in [7, 11) is -3.49. The topological polar surface area (TPSA) is 79.8 Å². The molecule has 0 bridgehead atoms. The van der Waals surface area contributed by atoms with Gasteiger partial charge in [-0.25, -0.2) is 13.4 Å². The standard InChI is InChI=1S/C24H28ClN3O4S3.ClH/c1-33-19-6-9-21-22(17-19)34-24(26-21)28(11-10-27-12-14-32-15-13-27)23(29)3-2-16-35(30,31)20-7-4-18(25)5-8-20;/h4-9,17H,2-3,10-16H2,1H3;1H. The summed E-state index contributed by atoms with van der Waals surface area (Å²) in [6, 6.07) is 12.2. The number of fused-ring (bicyclic) bond motifs is 1. The third kappa shape index (κ3) is 7.56. The van der Waals surface area contributed by atoms with E-state index < -0.39 is 9.84 Å². The van der Waals surface area contributed by atoms with Gasteiger partial charge in [-0.15, -0.1) is 24.2 Å². The number of nitrogens with zero attached hydrogens (tertiary/aromatic N) is 3. The molecule has 3 aromatic rings. The molecule has 2 heterocycles. The number of ether oxygens (including phenoxy) is 1. The minimum atomic E-state index is -3.49. The van der Waals surface area contributed by atoms with Gasteiger partial charge in [0.2, 0.25) is 5.91 Å². The van der Waals surface area contributed by atoms with Gasteiger partial charge >= 0.3 is 0 Å². The third-order valence-electron chi connectivity index (χ3n) is 5.84. The highest BCUT2D eigenvalue weighted by molar-refractivity contribution is 7.98. The van der Waals surface area contributed by atoms with Crippen LogP contribution in [0.1, 0.15) is 12.8 Å². The zero-order chi connectivity index (χ0) is 24.8. The number of thioether (sulfide) groups is 1. The van der Waals surface area contributed by atoms with Gasteiger partial charge in [0.15, 0.2) is 15.0 Å². The minimum Gasteiger partial charge on any atom is -0.379 e. The molecule has 0 aliphatic carbocycles. The van der Waals surface area contributed by atoms with Crippen molar-refractivity contribution < 1.29 is 17.9 Å². The second-order valence-corrected chi connectivity index (χ2v) is 12.6. The van der Waals surface area contributed by atoms with Crippen LogP contribution in [0.25, 0.3) is 10.2 Å². The molecule has 12 heteroatoms. The molecule has 0 saturated carbocycles. The van der Waals surface area contributed by atoms with Gasteiger partial charge in [-0.05, 0) is 55.1 Å². The number of sulfone groups is 1. The molecule has 1 aliphatic heterocycles. The maximum atomic E-state index is 13.3. The number of benzene rings is 2. The average molecular weight is 591 g/mol. The number of carbonyl (C=O) groups excluding carboxylic acids is 1. The first-order valence-corrected chi connectivity index (χ1v) is 15.5. The highest BCUT2D eigenvalue weighted by atomic mass is 35.5. The number of amides is 1. The van der Waals surface area contributed by atoms with E-state index in [1.807, 2.05) is 18.4 Å². The number of halogens is 2. The molecule has 0 unspecified atom stereocenters. The molecule has 0 radical (unpaired) electrons. The van der Waals surface area contributed by atoms with Crippen LogP contribution in [0.3, 0.4) is 0 Å². The molecular formula is C24H29Cl2N3O4S3. The molecule has 36 heavy (non-hydrogen) atoms. The molecule has 0 spiro atoms. The summed E-state index contributed by atoms with van der Waals surface area (Å²) in [6.07, 6.45) is 2.39. The van der Waals surface area contributed by atoms with E-state index in [0.717, 1.165) is 28.2 Å². The summed E-state index contributed by atoms with van der Waals surface area (Å²) in [5.41, 5.74) is 0.859. The molecule has 196 valence electrons. The van der Waals surface area contributed by atoms with E-state index in [9.17, 15) is 13.2 Å². The molecule has 1 aliphatic rings. The molecular weight excluding hydrogens is 561 g/mol. The first-order chi connectivity index (χ1) is 16.9. The third-order valence-corrected chi connectivity index (χ3v) is 9.67. The molecule has 1 fully saturated rings. The number of aromatic nitrogens is 1. The Morgan fingerprint density at radius 3 is 2.61 bits per heavy atom. The lowest BCUT2D eigenvalue weighted by Crippen LogP contribution is -2.43. The summed E-state index contributed by atoms with van der Waals surface area (Å²) in [5.74, 6) is -0.220. The Bertz CT molecular complexity index is 1260. The van der Waals surface area contributed by atoms with E-state index in [1.165, 1.54) is 23.5 Å². The molecule has 1 aromatic heterocycles. The molecule has 7 nitrogen and oxygen atoms in total. The molecule has 1 saturated heterocycles. The fourth-order valence-electron chi connectivity index (χ4n) is 3.84. The maximum absolute atomic E-state index is 13.3. The Labute approximate surface area is 231 Å². The first-order valence-electron chi connectivity index (χ1n) is 11.4. The zero-order valence-electron chi connectivity index (χ0n) is 19.9. The number of anilines is 1. The van der Waals surface area contributed by atoms with Gasteiger partial charge in [0, 0.05) is 42.5 Å². The number of rotatable bonds is 10. The summed E-state index contributed by atoms with van der Waals surface area (Å²) < 4.78 is 31.8. The van der Waals surface area contributed by atoms with E-state index in [0.29, 0.717) is 36.5 Å². The Morgan fingerprint density at radius 1 is 1.19 bits per heavy atom. The summed E-state index contributed by atoms with van der Waals surface area (Å²) in [6.45, 7) is 4.25. The lowest BCUT2D eigenvalue weighted by Gasteiger charge is -2.29. The highest BCUT2D eigenvalue weighted by Crippen LogP contribution is 2.32. The van der Waals surface area contributed by atoms with Crippen molar-refractivity contribution in [2.24, 2.45) is 0 Å². The summed E-state index contributed by atoms with van der Waals surface area (Å²) >= 11 is 9.03. The average Bonchev–Trinajstić information content (AvgIpc) is 3.28. The van der Waals surface area contributed by atoms with Crippen molar-refractivity contribution in [1.82, 2.24) is 9.88 Å². The smallest absolute Gasteiger partial charge is 0.228 e. The van der Waals surface area contributed by atoms with Gasteiger partial charge in [-0.3, -0.25) is 14.6 Å². The van der Waals surface area contributed by atoms with Crippen LogP contribution in [-0.2, 0) is 19.4 Å². The van der Waals surface area contributed by atoms with Crippen molar-refractivity contribution in [3.63, 3.8) is 0 Å². The summed E-state index contributed by atoms with van der Waals surface area (Å²) in [5, 5.41) is 1.13. The first kappa shape index (κ1) is 29.2. The monoisotopic (exact) mass is 589 g/mol. The molecule has 2 aromatic carbocycles. The fraction of sp³-hybridized carbons (Fsp3) is 0.417. The minimum absolute atomic E-state index is 0. The van der Waals surface area contributed by atoms with Crippen LogP contribution in [0.4, 0.5) is 5.13 Å². The van der Waals surface area contributed by atoms with Gasteiger partial charge in [0.25, 0.3) is 0 Å². The second-order valence-electron chi connectivity index (χ2n) is 8.21. The molecule has 4 rings (SSSR count). The number of carbonyl (C=O) groups is 1. The van der Waals surface area contributed by atoms with Gasteiger partial charge in [-0.1, -0.05) is 22.9 Å². The van der Waals surface area contributed by atoms with Crippen molar-refractivity contribution in [2.75, 3.05) is 56.3 Å². The van der Waals surface area contributed by atoms with Crippen LogP contribution in [0.15, 0.2) is 52.3 Å². The number of hydrogen-bond donors (Lipinski definition) is 0. The van der Waals surface area contributed by atoms with Crippen molar-refractivity contribution in [1.29, 1.82) is 0 Å². The predicted octanol–water partition coefficient (Wildman–Crippen LogP) is 5.01. The second kappa shape index (κ2) is 13.4. The highest BCUT2D eigenvalue weighted by Gasteiger charge is 2.23. The Morgan fingerprint density at radius 2 is 1.92 bits per heavy atom. The van der Waals surface area contributed by atoms with Gasteiger partial charge in [-0.2, -0.15) is 0 Å². The van der Waals surface area contributed by atoms with Crippen molar-refractivity contribution >= 4 is 78.2 Å². The number of thiazole rings is 1. The van der Waals surface area contributed by atoms with Crippen LogP contribution >= 0.6 is 47.1 Å². The van der Waals surface area contributed by atoms with E-state index >= 15 is 0 Å². The lowest BCUT2D eigenvalue weighted by molar-refractivity contribution is -0.118. The van der Waals surface area contributed by atoms with E-state index in [1.54, 1.807) is 28.8 Å². The maximum Gasteiger partial charge on any atom is 0.228 e. The Hall–Kier alpha value is -1.40. The van der Waals surface area contributed by atoms with Crippen molar-refractivity contribution in [3.05, 3.63) is 47.5 Å². The van der Waals surface area contributed by atoms with Gasteiger partial charge in [0.1, 0.15) is 0 Å². The SMILES string of the molecule is CSc1ccc2nc(N(CCN3CCOCC3)C(=O)CCCS(=O)(=O)c3ccc(Cl)cc3)sc2c1.Cl. The molecule has 1 amide bonds. The van der Waals surface area contributed by atoms with Crippen molar-refractivity contribution in [3.8, 4) is 0 Å². The van der Waals surface area contributed by atoms with Crippen LogP contribution < -0.4 is 4.90 Å². The van der Waals surface area contributed by atoms with Crippen LogP contribution in [0.2, 0.25) is 5.02 Å². The van der Waals surface area contributed by atoms with E-state index in [-0.39, 0.29) is 41.8 Å². The number of hydrogen-bond acceptors (Lipinski definition) is 8. The quantitative estimate of drug-likeness (QED) is 0.307. The van der Waals surface area contributed by atoms with Gasteiger partial charge < -0.3 is 4.74 Å². The lowest BCUT2D eigenvalue weighted by atomic mass is 10.3. The van der Waals surface area contributed by atoms with Crippen LogP contribution in [-0.4, -0.2) is 75.6 Å². The normalized spacial score (nSPS) is 14.5. The van der Waals surface area contributed by atoms with Crippen LogP contribution in [0, 0.1) is 0 Å².